The Labute approximate surface area is 124 Å². The van der Waals surface area contributed by atoms with Gasteiger partial charge in [0.05, 0.1) is 17.6 Å². The fourth-order valence-electron chi connectivity index (χ4n) is 3.32. The Kier molecular flexibility index (Phi) is 3.53. The number of hydrogen-bond donors (Lipinski definition) is 1. The summed E-state index contributed by atoms with van der Waals surface area (Å²) in [5.74, 6) is 1.75. The summed E-state index contributed by atoms with van der Waals surface area (Å²) in [7, 11) is 0. The third-order valence-corrected chi connectivity index (χ3v) is 4.59. The van der Waals surface area contributed by atoms with E-state index in [1.54, 1.807) is 0 Å². The minimum atomic E-state index is 0.739. The molecule has 0 amide bonds. The molecule has 1 N–H and O–H groups in total. The Balaban J connectivity index is 1.38. The number of piperazine rings is 1. The molecule has 2 saturated heterocycles. The molecular weight excluding hydrogens is 264 g/mol. The molecule has 2 aliphatic heterocycles. The highest BCUT2D eigenvalue weighted by Crippen LogP contribution is 2.19. The van der Waals surface area contributed by atoms with Crippen LogP contribution in [0.5, 0.6) is 0 Å². The number of anilines is 1. The number of benzene rings is 1. The molecule has 112 valence electrons. The number of hydrogen-bond acceptors (Lipinski definition) is 4. The van der Waals surface area contributed by atoms with Crippen molar-refractivity contribution in [2.45, 2.75) is 6.42 Å². The van der Waals surface area contributed by atoms with Gasteiger partial charge >= 0.3 is 0 Å². The standard InChI is InChI=1S/C16H22N4O/c1-2-4-15-14(3-1)17-16(18-15)20-8-6-19(7-9-20)11-13-5-10-21-12-13/h1-4,13H,5-12H2,(H,17,18). The summed E-state index contributed by atoms with van der Waals surface area (Å²) in [5, 5.41) is 0. The molecule has 1 aromatic carbocycles. The number of nitrogens with one attached hydrogen (secondary N) is 1. The van der Waals surface area contributed by atoms with Gasteiger partial charge in [-0.15, -0.1) is 0 Å². The molecule has 1 atom stereocenters. The molecule has 0 aliphatic carbocycles. The summed E-state index contributed by atoms with van der Waals surface area (Å²) in [5.41, 5.74) is 2.18. The molecular formula is C16H22N4O. The molecule has 2 aliphatic rings. The van der Waals surface area contributed by atoms with Crippen LogP contribution in [0.1, 0.15) is 6.42 Å². The van der Waals surface area contributed by atoms with E-state index in [-0.39, 0.29) is 0 Å². The zero-order chi connectivity index (χ0) is 14.1. The first-order valence-electron chi connectivity index (χ1n) is 7.88. The van der Waals surface area contributed by atoms with Gasteiger partial charge in [-0.2, -0.15) is 0 Å². The number of H-pyrrole nitrogens is 1. The third kappa shape index (κ3) is 2.76. The highest BCUT2D eigenvalue weighted by atomic mass is 16.5. The van der Waals surface area contributed by atoms with Crippen molar-refractivity contribution in [1.82, 2.24) is 14.9 Å². The first-order chi connectivity index (χ1) is 10.4. The monoisotopic (exact) mass is 286 g/mol. The predicted molar refractivity (Wildman–Crippen MR) is 83.7 cm³/mol. The van der Waals surface area contributed by atoms with Crippen molar-refractivity contribution in [1.29, 1.82) is 0 Å². The second kappa shape index (κ2) is 5.66. The Morgan fingerprint density at radius 3 is 2.81 bits per heavy atom. The van der Waals surface area contributed by atoms with Crippen molar-refractivity contribution in [3.8, 4) is 0 Å². The van der Waals surface area contributed by atoms with Crippen LogP contribution < -0.4 is 4.90 Å². The average Bonchev–Trinajstić information content (AvgIpc) is 3.16. The van der Waals surface area contributed by atoms with Gasteiger partial charge in [0.2, 0.25) is 5.95 Å². The maximum absolute atomic E-state index is 5.47. The fraction of sp³-hybridized carbons (Fsp3) is 0.562. The number of ether oxygens (including phenoxy) is 1. The molecule has 0 bridgehead atoms. The van der Waals surface area contributed by atoms with Crippen LogP contribution in [-0.4, -0.2) is 60.8 Å². The Morgan fingerprint density at radius 1 is 1.19 bits per heavy atom. The smallest absolute Gasteiger partial charge is 0.203 e. The minimum Gasteiger partial charge on any atom is -0.381 e. The molecule has 2 aromatic rings. The minimum absolute atomic E-state index is 0.739. The Bertz CT molecular complexity index is 564. The van der Waals surface area contributed by atoms with E-state index in [1.165, 1.54) is 13.0 Å². The van der Waals surface area contributed by atoms with E-state index in [4.69, 9.17) is 9.72 Å². The molecule has 5 nitrogen and oxygen atoms in total. The summed E-state index contributed by atoms with van der Waals surface area (Å²) in [6.07, 6.45) is 1.23. The number of fused-ring (bicyclic) bond motifs is 1. The highest BCUT2D eigenvalue weighted by molar-refractivity contribution is 5.77. The van der Waals surface area contributed by atoms with E-state index >= 15 is 0 Å². The maximum Gasteiger partial charge on any atom is 0.203 e. The van der Waals surface area contributed by atoms with Gasteiger partial charge in [-0.25, -0.2) is 4.98 Å². The summed E-state index contributed by atoms with van der Waals surface area (Å²) >= 11 is 0. The topological polar surface area (TPSA) is 44.4 Å². The molecule has 1 aromatic heterocycles. The van der Waals surface area contributed by atoms with Crippen LogP contribution in [0.4, 0.5) is 5.95 Å². The lowest BCUT2D eigenvalue weighted by molar-refractivity contribution is 0.164. The van der Waals surface area contributed by atoms with Crippen LogP contribution in [0.2, 0.25) is 0 Å². The van der Waals surface area contributed by atoms with E-state index in [0.29, 0.717) is 0 Å². The number of rotatable bonds is 3. The van der Waals surface area contributed by atoms with Crippen LogP contribution in [0.3, 0.4) is 0 Å². The first-order valence-corrected chi connectivity index (χ1v) is 7.88. The zero-order valence-corrected chi connectivity index (χ0v) is 12.3. The van der Waals surface area contributed by atoms with Crippen LogP contribution in [0.25, 0.3) is 11.0 Å². The number of nitrogens with zero attached hydrogens (tertiary/aromatic N) is 3. The van der Waals surface area contributed by atoms with Crippen molar-refractivity contribution in [2.75, 3.05) is 50.8 Å². The second-order valence-electron chi connectivity index (χ2n) is 6.09. The Morgan fingerprint density at radius 2 is 2.05 bits per heavy atom. The number of para-hydroxylation sites is 2. The molecule has 0 spiro atoms. The number of imidazole rings is 1. The second-order valence-corrected chi connectivity index (χ2v) is 6.09. The largest absolute Gasteiger partial charge is 0.381 e. The predicted octanol–water partition coefficient (Wildman–Crippen LogP) is 1.72. The molecule has 2 fully saturated rings. The lowest BCUT2D eigenvalue weighted by atomic mass is 10.1. The van der Waals surface area contributed by atoms with Crippen molar-refractivity contribution < 1.29 is 4.74 Å². The highest BCUT2D eigenvalue weighted by Gasteiger charge is 2.23. The van der Waals surface area contributed by atoms with Gasteiger partial charge in [0, 0.05) is 39.3 Å². The number of aromatic amines is 1. The normalized spacial score (nSPS) is 24.0. The molecule has 5 heteroatoms. The van der Waals surface area contributed by atoms with Gasteiger partial charge < -0.3 is 14.6 Å². The molecule has 4 rings (SSSR count). The lowest BCUT2D eigenvalue weighted by Gasteiger charge is -2.35. The molecule has 0 saturated carbocycles. The summed E-state index contributed by atoms with van der Waals surface area (Å²) < 4.78 is 5.47. The van der Waals surface area contributed by atoms with Crippen LogP contribution in [0, 0.1) is 5.92 Å². The average molecular weight is 286 g/mol. The quantitative estimate of drug-likeness (QED) is 0.933. The van der Waals surface area contributed by atoms with Crippen LogP contribution in [0.15, 0.2) is 24.3 Å². The zero-order valence-electron chi connectivity index (χ0n) is 12.3. The van der Waals surface area contributed by atoms with Crippen molar-refractivity contribution in [3.05, 3.63) is 24.3 Å². The molecule has 1 unspecified atom stereocenters. The summed E-state index contributed by atoms with van der Waals surface area (Å²) in [6, 6.07) is 8.23. The van der Waals surface area contributed by atoms with E-state index in [0.717, 1.165) is 62.3 Å². The maximum atomic E-state index is 5.47. The van der Waals surface area contributed by atoms with E-state index in [2.05, 4.69) is 26.9 Å². The lowest BCUT2D eigenvalue weighted by Crippen LogP contribution is -2.48. The van der Waals surface area contributed by atoms with Gasteiger partial charge in [-0.1, -0.05) is 12.1 Å². The van der Waals surface area contributed by atoms with Crippen LogP contribution in [-0.2, 0) is 4.74 Å². The Hall–Kier alpha value is -1.59. The van der Waals surface area contributed by atoms with E-state index in [1.807, 2.05) is 12.1 Å². The fourth-order valence-corrected chi connectivity index (χ4v) is 3.32. The van der Waals surface area contributed by atoms with E-state index < -0.39 is 0 Å². The van der Waals surface area contributed by atoms with Gasteiger partial charge in [-0.05, 0) is 24.5 Å². The molecule has 3 heterocycles. The van der Waals surface area contributed by atoms with Gasteiger partial charge in [0.15, 0.2) is 0 Å². The van der Waals surface area contributed by atoms with Crippen molar-refractivity contribution >= 4 is 17.0 Å². The number of aromatic nitrogens is 2. The molecule has 0 radical (unpaired) electrons. The summed E-state index contributed by atoms with van der Waals surface area (Å²) in [4.78, 5) is 13.1. The van der Waals surface area contributed by atoms with Crippen molar-refractivity contribution in [2.24, 2.45) is 5.92 Å². The third-order valence-electron chi connectivity index (χ3n) is 4.59. The first kappa shape index (κ1) is 13.1. The summed E-state index contributed by atoms with van der Waals surface area (Å²) in [6.45, 7) is 7.42. The van der Waals surface area contributed by atoms with Gasteiger partial charge in [0.25, 0.3) is 0 Å². The molecule has 21 heavy (non-hydrogen) atoms. The van der Waals surface area contributed by atoms with Crippen LogP contribution >= 0.6 is 0 Å². The van der Waals surface area contributed by atoms with Gasteiger partial charge in [-0.3, -0.25) is 4.90 Å². The van der Waals surface area contributed by atoms with Crippen molar-refractivity contribution in [3.63, 3.8) is 0 Å². The van der Waals surface area contributed by atoms with E-state index in [9.17, 15) is 0 Å². The SMILES string of the molecule is c1ccc2[nH]c(N3CCN(CC4CCOC4)CC3)nc2c1. The van der Waals surface area contributed by atoms with Gasteiger partial charge in [0.1, 0.15) is 0 Å².